The molecule has 1 aromatic rings. The fraction of sp³-hybridized carbons (Fsp3) is 0.550. The molecule has 4 rings (SSSR count). The van der Waals surface area contributed by atoms with Crippen LogP contribution < -0.4 is 15.6 Å². The number of anilines is 1. The molecule has 1 saturated carbocycles. The Hall–Kier alpha value is -2.64. The lowest BCUT2D eigenvalue weighted by Crippen LogP contribution is -2.53. The normalized spacial score (nSPS) is 27.0. The van der Waals surface area contributed by atoms with Gasteiger partial charge in [-0.2, -0.15) is 5.01 Å². The number of hydrogen-bond donors (Lipinski definition) is 2. The second-order valence-electron chi connectivity index (χ2n) is 8.14. The van der Waals surface area contributed by atoms with E-state index in [1.165, 1.54) is 6.07 Å². The molecule has 0 bridgehead atoms. The monoisotopic (exact) mass is 388 g/mol. The molecule has 1 saturated heterocycles. The zero-order valence-corrected chi connectivity index (χ0v) is 16.0. The number of para-hydroxylation sites is 1. The van der Waals surface area contributed by atoms with Gasteiger partial charge in [-0.25, -0.2) is 9.18 Å². The molecule has 7 nitrogen and oxygen atoms in total. The Labute approximate surface area is 163 Å². The Morgan fingerprint density at radius 2 is 2.07 bits per heavy atom. The van der Waals surface area contributed by atoms with Crippen molar-refractivity contribution in [2.45, 2.75) is 51.0 Å². The van der Waals surface area contributed by atoms with Crippen LogP contribution in [0.5, 0.6) is 0 Å². The van der Waals surface area contributed by atoms with Crippen LogP contribution in [0, 0.1) is 11.7 Å². The number of imide groups is 1. The highest BCUT2D eigenvalue weighted by Crippen LogP contribution is 2.36. The van der Waals surface area contributed by atoms with Crippen LogP contribution in [0.2, 0.25) is 0 Å². The molecule has 1 spiro atoms. The molecule has 2 fully saturated rings. The van der Waals surface area contributed by atoms with Crippen molar-refractivity contribution in [1.82, 2.24) is 15.8 Å². The van der Waals surface area contributed by atoms with Crippen LogP contribution >= 0.6 is 0 Å². The van der Waals surface area contributed by atoms with E-state index in [1.807, 2.05) is 6.07 Å². The van der Waals surface area contributed by atoms with Gasteiger partial charge in [-0.05, 0) is 56.1 Å². The smallest absolute Gasteiger partial charge is 0.344 e. The van der Waals surface area contributed by atoms with Crippen LogP contribution in [0.4, 0.5) is 14.9 Å². The fourth-order valence-electron chi connectivity index (χ4n) is 4.50. The molecule has 2 aliphatic heterocycles. The summed E-state index contributed by atoms with van der Waals surface area (Å²) in [5, 5.41) is 3.57. The quantitative estimate of drug-likeness (QED) is 0.777. The Bertz CT molecular complexity index is 820. The highest BCUT2D eigenvalue weighted by atomic mass is 19.1. The number of carbonyl (C=O) groups excluding carboxylic acids is 3. The first kappa shape index (κ1) is 18.7. The number of benzene rings is 1. The number of nitrogens with zero attached hydrogens (tertiary/aromatic N) is 2. The number of halogens is 1. The van der Waals surface area contributed by atoms with Gasteiger partial charge in [0.15, 0.2) is 0 Å². The zero-order valence-electron chi connectivity index (χ0n) is 16.0. The first-order valence-corrected chi connectivity index (χ1v) is 9.88. The third-order valence-corrected chi connectivity index (χ3v) is 6.12. The summed E-state index contributed by atoms with van der Waals surface area (Å²) in [6.07, 6.45) is 4.45. The summed E-state index contributed by atoms with van der Waals surface area (Å²) in [7, 11) is 0. The molecule has 0 radical (unpaired) electrons. The molecule has 4 amide bonds. The summed E-state index contributed by atoms with van der Waals surface area (Å²) < 4.78 is 14.3. The van der Waals surface area contributed by atoms with Gasteiger partial charge in [-0.3, -0.25) is 15.0 Å². The second-order valence-corrected chi connectivity index (χ2v) is 8.14. The summed E-state index contributed by atoms with van der Waals surface area (Å²) in [5.41, 5.74) is 2.82. The van der Waals surface area contributed by atoms with Crippen LogP contribution in [0.1, 0.15) is 44.6 Å². The van der Waals surface area contributed by atoms with Gasteiger partial charge in [0.2, 0.25) is 0 Å². The van der Waals surface area contributed by atoms with Crippen LogP contribution in [0.15, 0.2) is 18.2 Å². The number of hydrazine groups is 1. The number of hydrogen-bond acceptors (Lipinski definition) is 4. The SMILES string of the molecule is CC1CCC2(CC1)NC(=O)N(NC(=O)CN1CCCc3cccc(F)c31)C2=O. The van der Waals surface area contributed by atoms with E-state index in [1.54, 1.807) is 11.0 Å². The van der Waals surface area contributed by atoms with Crippen LogP contribution in [-0.2, 0) is 16.0 Å². The first-order valence-electron chi connectivity index (χ1n) is 9.88. The van der Waals surface area contributed by atoms with Gasteiger partial charge >= 0.3 is 6.03 Å². The van der Waals surface area contributed by atoms with E-state index in [0.717, 1.165) is 36.3 Å². The number of rotatable bonds is 3. The van der Waals surface area contributed by atoms with Crippen molar-refractivity contribution < 1.29 is 18.8 Å². The highest BCUT2D eigenvalue weighted by molar-refractivity contribution is 6.08. The minimum atomic E-state index is -0.902. The van der Waals surface area contributed by atoms with Gasteiger partial charge in [0.25, 0.3) is 11.8 Å². The number of nitrogens with one attached hydrogen (secondary N) is 2. The lowest BCUT2D eigenvalue weighted by molar-refractivity contribution is -0.139. The molecule has 0 atom stereocenters. The third kappa shape index (κ3) is 3.21. The predicted octanol–water partition coefficient (Wildman–Crippen LogP) is 2.11. The Morgan fingerprint density at radius 1 is 1.32 bits per heavy atom. The van der Waals surface area contributed by atoms with Gasteiger partial charge in [-0.1, -0.05) is 19.1 Å². The number of carbonyl (C=O) groups is 3. The average molecular weight is 388 g/mol. The predicted molar refractivity (Wildman–Crippen MR) is 101 cm³/mol. The van der Waals surface area contributed by atoms with Crippen molar-refractivity contribution in [2.75, 3.05) is 18.0 Å². The van der Waals surface area contributed by atoms with Gasteiger partial charge < -0.3 is 10.2 Å². The van der Waals surface area contributed by atoms with Gasteiger partial charge in [0.1, 0.15) is 11.4 Å². The van der Waals surface area contributed by atoms with Crippen molar-refractivity contribution >= 4 is 23.5 Å². The van der Waals surface area contributed by atoms with E-state index in [4.69, 9.17) is 0 Å². The van der Waals surface area contributed by atoms with Crippen LogP contribution in [-0.4, -0.2) is 41.5 Å². The number of amides is 4. The lowest BCUT2D eigenvalue weighted by Gasteiger charge is -2.33. The van der Waals surface area contributed by atoms with Gasteiger partial charge in [-0.15, -0.1) is 0 Å². The number of aryl methyl sites for hydroxylation is 1. The Kier molecular flexibility index (Phi) is 4.72. The summed E-state index contributed by atoms with van der Waals surface area (Å²) in [4.78, 5) is 39.4. The molecule has 28 heavy (non-hydrogen) atoms. The van der Waals surface area contributed by atoms with E-state index in [-0.39, 0.29) is 12.4 Å². The Balaban J connectivity index is 1.44. The second kappa shape index (κ2) is 7.07. The molecular formula is C20H25FN4O3. The van der Waals surface area contributed by atoms with Crippen molar-refractivity contribution in [3.05, 3.63) is 29.6 Å². The van der Waals surface area contributed by atoms with Gasteiger partial charge in [0, 0.05) is 6.54 Å². The molecule has 2 N–H and O–H groups in total. The molecule has 150 valence electrons. The summed E-state index contributed by atoms with van der Waals surface area (Å²) in [6.45, 7) is 2.56. The summed E-state index contributed by atoms with van der Waals surface area (Å²) in [5.74, 6) is -0.757. The molecule has 8 heteroatoms. The highest BCUT2D eigenvalue weighted by Gasteiger charge is 2.52. The molecule has 0 unspecified atom stereocenters. The summed E-state index contributed by atoms with van der Waals surface area (Å²) >= 11 is 0. The fourth-order valence-corrected chi connectivity index (χ4v) is 4.50. The minimum absolute atomic E-state index is 0.116. The van der Waals surface area contributed by atoms with Crippen LogP contribution in [0.3, 0.4) is 0 Å². The molecule has 1 aromatic carbocycles. The zero-order chi connectivity index (χ0) is 19.9. The number of urea groups is 1. The van der Waals surface area contributed by atoms with Crippen molar-refractivity contribution in [2.24, 2.45) is 5.92 Å². The maximum absolute atomic E-state index is 14.3. The largest absolute Gasteiger partial charge is 0.360 e. The lowest BCUT2D eigenvalue weighted by atomic mass is 9.77. The van der Waals surface area contributed by atoms with E-state index in [2.05, 4.69) is 17.7 Å². The summed E-state index contributed by atoms with van der Waals surface area (Å²) in [6, 6.07) is 4.29. The van der Waals surface area contributed by atoms with Crippen molar-refractivity contribution in [1.29, 1.82) is 0 Å². The third-order valence-electron chi connectivity index (χ3n) is 6.12. The van der Waals surface area contributed by atoms with Crippen LogP contribution in [0.25, 0.3) is 0 Å². The standard InChI is InChI=1S/C20H25FN4O3/c1-13-7-9-20(10-8-13)18(27)25(19(28)22-20)23-16(26)12-24-11-3-5-14-4-2-6-15(21)17(14)24/h2,4,6,13H,3,5,7-12H2,1H3,(H,22,28)(H,23,26). The molecule has 1 aliphatic carbocycles. The molecule has 0 aromatic heterocycles. The molecule has 3 aliphatic rings. The maximum Gasteiger partial charge on any atom is 0.344 e. The molecule has 2 heterocycles. The molecular weight excluding hydrogens is 363 g/mol. The van der Waals surface area contributed by atoms with Gasteiger partial charge in [0.05, 0.1) is 12.2 Å². The van der Waals surface area contributed by atoms with E-state index < -0.39 is 23.4 Å². The Morgan fingerprint density at radius 3 is 2.82 bits per heavy atom. The van der Waals surface area contributed by atoms with Crippen molar-refractivity contribution in [3.8, 4) is 0 Å². The van der Waals surface area contributed by atoms with E-state index in [9.17, 15) is 18.8 Å². The first-order chi connectivity index (χ1) is 13.4. The minimum Gasteiger partial charge on any atom is -0.360 e. The average Bonchev–Trinajstić information content (AvgIpc) is 2.89. The van der Waals surface area contributed by atoms with E-state index >= 15 is 0 Å². The topological polar surface area (TPSA) is 81.8 Å². The van der Waals surface area contributed by atoms with E-state index in [0.29, 0.717) is 31.0 Å². The number of fused-ring (bicyclic) bond motifs is 1. The van der Waals surface area contributed by atoms with Crippen molar-refractivity contribution in [3.63, 3.8) is 0 Å². The maximum atomic E-state index is 14.3.